The van der Waals surface area contributed by atoms with Crippen molar-refractivity contribution in [2.24, 2.45) is 0 Å². The number of piperidine rings is 1. The SMILES string of the molecule is O=C(O)[C@H]1CCCCN1C(=O)c1csc(C2CC2)n1. The number of amides is 1. The standard InChI is InChI=1S/C13H16N2O3S/c16-12(9-7-19-11(14-9)8-4-5-8)15-6-2-1-3-10(15)13(17)18/h7-8,10H,1-6H2,(H,17,18)/t10-/m1/s1. The Hall–Kier alpha value is -1.43. The third kappa shape index (κ3) is 2.49. The third-order valence-electron chi connectivity index (χ3n) is 3.72. The van der Waals surface area contributed by atoms with E-state index < -0.39 is 12.0 Å². The number of thiazole rings is 1. The van der Waals surface area contributed by atoms with Crippen LogP contribution in [0, 0.1) is 0 Å². The largest absolute Gasteiger partial charge is 0.480 e. The first-order valence-corrected chi connectivity index (χ1v) is 7.54. The van der Waals surface area contributed by atoms with Crippen molar-refractivity contribution in [3.05, 3.63) is 16.1 Å². The van der Waals surface area contributed by atoms with Gasteiger partial charge in [-0.15, -0.1) is 11.3 Å². The molecule has 5 nitrogen and oxygen atoms in total. The normalized spacial score (nSPS) is 23.4. The molecule has 19 heavy (non-hydrogen) atoms. The highest BCUT2D eigenvalue weighted by Crippen LogP contribution is 2.41. The van der Waals surface area contributed by atoms with E-state index in [2.05, 4.69) is 4.98 Å². The van der Waals surface area contributed by atoms with Gasteiger partial charge in [-0.05, 0) is 32.1 Å². The second-order valence-electron chi connectivity index (χ2n) is 5.19. The molecule has 0 bridgehead atoms. The van der Waals surface area contributed by atoms with E-state index in [1.165, 1.54) is 16.2 Å². The van der Waals surface area contributed by atoms with Crippen LogP contribution in [-0.4, -0.2) is 39.5 Å². The smallest absolute Gasteiger partial charge is 0.326 e. The molecule has 0 aromatic carbocycles. The Balaban J connectivity index is 1.78. The second kappa shape index (κ2) is 4.92. The molecule has 1 saturated carbocycles. The van der Waals surface area contributed by atoms with Crippen LogP contribution in [0.1, 0.15) is 53.5 Å². The topological polar surface area (TPSA) is 70.5 Å². The molecule has 1 saturated heterocycles. The highest BCUT2D eigenvalue weighted by atomic mass is 32.1. The molecule has 1 N–H and O–H groups in total. The van der Waals surface area contributed by atoms with Crippen LogP contribution in [0.2, 0.25) is 0 Å². The number of carbonyl (C=O) groups excluding carboxylic acids is 1. The van der Waals surface area contributed by atoms with E-state index in [0.717, 1.165) is 30.7 Å². The minimum Gasteiger partial charge on any atom is -0.480 e. The van der Waals surface area contributed by atoms with E-state index in [0.29, 0.717) is 24.6 Å². The quantitative estimate of drug-likeness (QED) is 0.920. The maximum absolute atomic E-state index is 12.4. The lowest BCUT2D eigenvalue weighted by Crippen LogP contribution is -2.48. The highest BCUT2D eigenvalue weighted by Gasteiger charge is 2.34. The number of rotatable bonds is 3. The van der Waals surface area contributed by atoms with Gasteiger partial charge in [0.05, 0.1) is 5.01 Å². The lowest BCUT2D eigenvalue weighted by Gasteiger charge is -2.32. The molecular formula is C13H16N2O3S. The van der Waals surface area contributed by atoms with Crippen molar-refractivity contribution in [2.75, 3.05) is 6.54 Å². The number of nitrogens with zero attached hydrogens (tertiary/aromatic N) is 2. The van der Waals surface area contributed by atoms with E-state index >= 15 is 0 Å². The van der Waals surface area contributed by atoms with Crippen LogP contribution in [0.5, 0.6) is 0 Å². The number of aliphatic carboxylic acids is 1. The van der Waals surface area contributed by atoms with Gasteiger partial charge in [0.15, 0.2) is 0 Å². The molecule has 0 unspecified atom stereocenters. The molecule has 0 spiro atoms. The number of aromatic nitrogens is 1. The van der Waals surface area contributed by atoms with Gasteiger partial charge in [0.2, 0.25) is 0 Å². The first kappa shape index (κ1) is 12.6. The van der Waals surface area contributed by atoms with Crippen molar-refractivity contribution >= 4 is 23.2 Å². The van der Waals surface area contributed by atoms with Gasteiger partial charge in [-0.25, -0.2) is 9.78 Å². The summed E-state index contributed by atoms with van der Waals surface area (Å²) >= 11 is 1.52. The first-order chi connectivity index (χ1) is 9.16. The monoisotopic (exact) mass is 280 g/mol. The minimum atomic E-state index is -0.911. The molecular weight excluding hydrogens is 264 g/mol. The average Bonchev–Trinajstić information content (AvgIpc) is 3.16. The van der Waals surface area contributed by atoms with Gasteiger partial charge in [0.25, 0.3) is 5.91 Å². The predicted molar refractivity (Wildman–Crippen MR) is 70.4 cm³/mol. The van der Waals surface area contributed by atoms with Gasteiger partial charge in [-0.3, -0.25) is 4.79 Å². The van der Waals surface area contributed by atoms with Crippen molar-refractivity contribution < 1.29 is 14.7 Å². The molecule has 1 aliphatic heterocycles. The maximum Gasteiger partial charge on any atom is 0.326 e. The summed E-state index contributed by atoms with van der Waals surface area (Å²) in [5.74, 6) is -0.607. The van der Waals surface area contributed by atoms with Gasteiger partial charge < -0.3 is 10.0 Å². The molecule has 2 fully saturated rings. The summed E-state index contributed by atoms with van der Waals surface area (Å²) in [5.41, 5.74) is 0.417. The fourth-order valence-electron chi connectivity index (χ4n) is 2.48. The van der Waals surface area contributed by atoms with Crippen LogP contribution in [0.15, 0.2) is 5.38 Å². The Labute approximate surface area is 115 Å². The molecule has 102 valence electrons. The number of hydrogen-bond donors (Lipinski definition) is 1. The summed E-state index contributed by atoms with van der Waals surface area (Å²) in [6.45, 7) is 0.520. The Kier molecular flexibility index (Phi) is 3.26. The average molecular weight is 280 g/mol. The zero-order valence-electron chi connectivity index (χ0n) is 10.5. The van der Waals surface area contributed by atoms with Gasteiger partial charge in [-0.1, -0.05) is 0 Å². The van der Waals surface area contributed by atoms with Crippen LogP contribution in [0.4, 0.5) is 0 Å². The number of hydrogen-bond acceptors (Lipinski definition) is 4. The molecule has 1 aromatic heterocycles. The molecule has 1 atom stereocenters. The molecule has 2 heterocycles. The van der Waals surface area contributed by atoms with Crippen LogP contribution in [0.3, 0.4) is 0 Å². The van der Waals surface area contributed by atoms with Gasteiger partial charge >= 0.3 is 5.97 Å². The van der Waals surface area contributed by atoms with E-state index in [-0.39, 0.29) is 5.91 Å². The zero-order valence-corrected chi connectivity index (χ0v) is 11.4. The first-order valence-electron chi connectivity index (χ1n) is 6.66. The summed E-state index contributed by atoms with van der Waals surface area (Å²) in [4.78, 5) is 29.4. The maximum atomic E-state index is 12.4. The van der Waals surface area contributed by atoms with Crippen molar-refractivity contribution in [1.82, 2.24) is 9.88 Å². The van der Waals surface area contributed by atoms with Crippen molar-refractivity contribution in [2.45, 2.75) is 44.1 Å². The number of carbonyl (C=O) groups is 2. The second-order valence-corrected chi connectivity index (χ2v) is 6.08. The number of carboxylic acids is 1. The summed E-state index contributed by atoms with van der Waals surface area (Å²) in [6, 6.07) is -0.688. The van der Waals surface area contributed by atoms with E-state index in [1.54, 1.807) is 5.38 Å². The molecule has 0 radical (unpaired) electrons. The Morgan fingerprint density at radius 1 is 1.32 bits per heavy atom. The van der Waals surface area contributed by atoms with E-state index in [9.17, 15) is 14.7 Å². The summed E-state index contributed by atoms with van der Waals surface area (Å²) in [5, 5.41) is 12.0. The van der Waals surface area contributed by atoms with Crippen molar-refractivity contribution in [3.8, 4) is 0 Å². The van der Waals surface area contributed by atoms with Gasteiger partial charge in [0.1, 0.15) is 11.7 Å². The molecule has 1 amide bonds. The molecule has 2 aliphatic rings. The van der Waals surface area contributed by atoms with Crippen LogP contribution in [-0.2, 0) is 4.79 Å². The van der Waals surface area contributed by atoms with Gasteiger partial charge in [-0.2, -0.15) is 0 Å². The van der Waals surface area contributed by atoms with Crippen LogP contribution in [0.25, 0.3) is 0 Å². The van der Waals surface area contributed by atoms with Crippen LogP contribution < -0.4 is 0 Å². The highest BCUT2D eigenvalue weighted by molar-refractivity contribution is 7.10. The van der Waals surface area contributed by atoms with Gasteiger partial charge in [0, 0.05) is 17.8 Å². The third-order valence-corrected chi connectivity index (χ3v) is 4.72. The fraction of sp³-hybridized carbons (Fsp3) is 0.615. The molecule has 1 aliphatic carbocycles. The number of likely N-dealkylation sites (tertiary alicyclic amines) is 1. The molecule has 6 heteroatoms. The van der Waals surface area contributed by atoms with Crippen molar-refractivity contribution in [1.29, 1.82) is 0 Å². The number of carboxylic acid groups (broad SMARTS) is 1. The molecule has 3 rings (SSSR count). The Morgan fingerprint density at radius 3 is 2.79 bits per heavy atom. The summed E-state index contributed by atoms with van der Waals surface area (Å²) in [7, 11) is 0. The lowest BCUT2D eigenvalue weighted by atomic mass is 10.0. The Bertz CT molecular complexity index is 510. The fourth-order valence-corrected chi connectivity index (χ4v) is 3.45. The lowest BCUT2D eigenvalue weighted by molar-refractivity contribution is -0.143. The van der Waals surface area contributed by atoms with Crippen LogP contribution >= 0.6 is 11.3 Å². The Morgan fingerprint density at radius 2 is 2.11 bits per heavy atom. The molecule has 1 aromatic rings. The zero-order chi connectivity index (χ0) is 13.4. The van der Waals surface area contributed by atoms with Crippen molar-refractivity contribution in [3.63, 3.8) is 0 Å². The minimum absolute atomic E-state index is 0.227. The predicted octanol–water partition coefficient (Wildman–Crippen LogP) is 2.10. The summed E-state index contributed by atoms with van der Waals surface area (Å²) < 4.78 is 0. The summed E-state index contributed by atoms with van der Waals surface area (Å²) in [6.07, 6.45) is 4.59. The van der Waals surface area contributed by atoms with E-state index in [4.69, 9.17) is 0 Å². The van der Waals surface area contributed by atoms with E-state index in [1.807, 2.05) is 0 Å².